The molecule has 6 heteroatoms. The fourth-order valence-corrected chi connectivity index (χ4v) is 3.54. The smallest absolute Gasteiger partial charge is 0.303 e. The molecule has 0 unspecified atom stereocenters. The summed E-state index contributed by atoms with van der Waals surface area (Å²) in [4.78, 5) is 24.7. The number of carboxylic acids is 1. The molecule has 0 atom stereocenters. The number of aliphatic carboxylic acids is 1. The second-order valence-corrected chi connectivity index (χ2v) is 6.71. The molecule has 0 aliphatic carbocycles. The second-order valence-electron chi connectivity index (χ2n) is 5.72. The van der Waals surface area contributed by atoms with Crippen molar-refractivity contribution in [2.24, 2.45) is 5.92 Å². The molecule has 0 spiro atoms. The molecule has 5 nitrogen and oxygen atoms in total. The average molecular weight is 332 g/mol. The number of hydrogen-bond acceptors (Lipinski definition) is 4. The van der Waals surface area contributed by atoms with E-state index < -0.39 is 5.97 Å². The number of nitriles is 1. The van der Waals surface area contributed by atoms with Gasteiger partial charge < -0.3 is 10.0 Å². The molecule has 0 aromatic heterocycles. The number of hydrogen-bond donors (Lipinski definition) is 1. The Morgan fingerprint density at radius 1 is 1.26 bits per heavy atom. The summed E-state index contributed by atoms with van der Waals surface area (Å²) >= 11 is 1.56. The molecule has 1 heterocycles. The van der Waals surface area contributed by atoms with Crippen LogP contribution in [-0.2, 0) is 15.3 Å². The van der Waals surface area contributed by atoms with Crippen molar-refractivity contribution >= 4 is 23.6 Å². The Bertz CT molecular complexity index is 587. The van der Waals surface area contributed by atoms with Crippen molar-refractivity contribution in [2.75, 3.05) is 18.8 Å². The molecule has 1 fully saturated rings. The Morgan fingerprint density at radius 2 is 1.91 bits per heavy atom. The summed E-state index contributed by atoms with van der Waals surface area (Å²) in [5.74, 6) is 0.740. The van der Waals surface area contributed by atoms with E-state index in [0.29, 0.717) is 24.4 Å². The molecule has 1 aliphatic rings. The van der Waals surface area contributed by atoms with E-state index in [9.17, 15) is 9.59 Å². The number of rotatable bonds is 6. The van der Waals surface area contributed by atoms with Crippen LogP contribution in [0.15, 0.2) is 24.3 Å². The number of nitrogens with zero attached hydrogens (tertiary/aromatic N) is 2. The third-order valence-electron chi connectivity index (χ3n) is 4.01. The summed E-state index contributed by atoms with van der Waals surface area (Å²) in [5, 5.41) is 17.5. The van der Waals surface area contributed by atoms with Gasteiger partial charge in [-0.05, 0) is 36.5 Å². The molecule has 0 bridgehead atoms. The standard InChI is InChI=1S/C17H20N2O3S/c18-10-14-1-3-15(4-2-14)11-23-12-16(20)19-7-5-13(6-8-19)9-17(21)22/h1-4,13H,5-9,11-12H2,(H,21,22). The van der Waals surface area contributed by atoms with Crippen LogP contribution in [0.1, 0.15) is 30.4 Å². The third kappa shape index (κ3) is 5.61. The van der Waals surface area contributed by atoms with Crippen molar-refractivity contribution in [2.45, 2.75) is 25.0 Å². The minimum absolute atomic E-state index is 0.123. The molecule has 0 saturated carbocycles. The first-order chi connectivity index (χ1) is 11.1. The van der Waals surface area contributed by atoms with Gasteiger partial charge in [0.05, 0.1) is 17.4 Å². The molecule has 1 aromatic rings. The van der Waals surface area contributed by atoms with E-state index in [1.807, 2.05) is 17.0 Å². The summed E-state index contributed by atoms with van der Waals surface area (Å²) in [6.07, 6.45) is 1.76. The van der Waals surface area contributed by atoms with Crippen LogP contribution in [0.3, 0.4) is 0 Å². The zero-order valence-electron chi connectivity index (χ0n) is 12.9. The zero-order chi connectivity index (χ0) is 16.7. The lowest BCUT2D eigenvalue weighted by Gasteiger charge is -2.31. The first-order valence-corrected chi connectivity index (χ1v) is 8.80. The maximum atomic E-state index is 12.2. The predicted molar refractivity (Wildman–Crippen MR) is 88.9 cm³/mol. The zero-order valence-corrected chi connectivity index (χ0v) is 13.7. The summed E-state index contributed by atoms with van der Waals surface area (Å²) < 4.78 is 0. The van der Waals surface area contributed by atoms with Crippen molar-refractivity contribution in [1.82, 2.24) is 4.90 Å². The van der Waals surface area contributed by atoms with E-state index in [2.05, 4.69) is 6.07 Å². The predicted octanol–water partition coefficient (Wildman–Crippen LogP) is 2.50. The molecular weight excluding hydrogens is 312 g/mol. The highest BCUT2D eigenvalue weighted by Gasteiger charge is 2.23. The minimum Gasteiger partial charge on any atom is -0.481 e. The highest BCUT2D eigenvalue weighted by Crippen LogP contribution is 2.21. The fourth-order valence-electron chi connectivity index (χ4n) is 2.66. The lowest BCUT2D eigenvalue weighted by Crippen LogP contribution is -2.39. The highest BCUT2D eigenvalue weighted by molar-refractivity contribution is 7.99. The Morgan fingerprint density at radius 3 is 2.48 bits per heavy atom. The Labute approximate surface area is 140 Å². The van der Waals surface area contributed by atoms with Gasteiger partial charge in [0.15, 0.2) is 0 Å². The van der Waals surface area contributed by atoms with E-state index in [4.69, 9.17) is 10.4 Å². The van der Waals surface area contributed by atoms with Crippen molar-refractivity contribution in [3.63, 3.8) is 0 Å². The van der Waals surface area contributed by atoms with Crippen LogP contribution in [0, 0.1) is 17.2 Å². The van der Waals surface area contributed by atoms with Gasteiger partial charge in [0.1, 0.15) is 0 Å². The number of amides is 1. The van der Waals surface area contributed by atoms with Gasteiger partial charge in [-0.1, -0.05) is 12.1 Å². The van der Waals surface area contributed by atoms with Gasteiger partial charge in [0.2, 0.25) is 5.91 Å². The summed E-state index contributed by atoms with van der Waals surface area (Å²) in [5.41, 5.74) is 1.74. The number of carbonyl (C=O) groups excluding carboxylic acids is 1. The average Bonchev–Trinajstić information content (AvgIpc) is 2.55. The number of thioether (sulfide) groups is 1. The van der Waals surface area contributed by atoms with Crippen molar-refractivity contribution in [3.8, 4) is 6.07 Å². The van der Waals surface area contributed by atoms with E-state index in [0.717, 1.165) is 24.2 Å². The monoisotopic (exact) mass is 332 g/mol. The van der Waals surface area contributed by atoms with E-state index in [1.54, 1.807) is 23.9 Å². The number of likely N-dealkylation sites (tertiary alicyclic amines) is 1. The fraction of sp³-hybridized carbons (Fsp3) is 0.471. The van der Waals surface area contributed by atoms with Gasteiger partial charge in [0.25, 0.3) is 0 Å². The lowest BCUT2D eigenvalue weighted by atomic mass is 9.94. The highest BCUT2D eigenvalue weighted by atomic mass is 32.2. The first kappa shape index (κ1) is 17.4. The number of carbonyl (C=O) groups is 2. The molecule has 2 rings (SSSR count). The van der Waals surface area contributed by atoms with E-state index in [1.165, 1.54) is 0 Å². The molecular formula is C17H20N2O3S. The van der Waals surface area contributed by atoms with Crippen LogP contribution >= 0.6 is 11.8 Å². The largest absolute Gasteiger partial charge is 0.481 e. The Hall–Kier alpha value is -2.00. The SMILES string of the molecule is N#Cc1ccc(CSCC(=O)N2CCC(CC(=O)O)CC2)cc1. The van der Waals surface area contributed by atoms with Gasteiger partial charge in [-0.15, -0.1) is 11.8 Å². The maximum Gasteiger partial charge on any atom is 0.303 e. The number of piperidine rings is 1. The van der Waals surface area contributed by atoms with Crippen molar-refractivity contribution in [3.05, 3.63) is 35.4 Å². The van der Waals surface area contributed by atoms with E-state index in [-0.39, 0.29) is 18.2 Å². The third-order valence-corrected chi connectivity index (χ3v) is 5.00. The minimum atomic E-state index is -0.757. The van der Waals surface area contributed by atoms with Crippen LogP contribution in [-0.4, -0.2) is 40.7 Å². The van der Waals surface area contributed by atoms with Gasteiger partial charge in [-0.3, -0.25) is 9.59 Å². The van der Waals surface area contributed by atoms with Gasteiger partial charge in [-0.2, -0.15) is 5.26 Å². The topological polar surface area (TPSA) is 81.4 Å². The molecule has 0 radical (unpaired) electrons. The molecule has 1 aliphatic heterocycles. The van der Waals surface area contributed by atoms with Crippen LogP contribution in [0.2, 0.25) is 0 Å². The van der Waals surface area contributed by atoms with Gasteiger partial charge >= 0.3 is 5.97 Å². The van der Waals surface area contributed by atoms with Crippen LogP contribution < -0.4 is 0 Å². The van der Waals surface area contributed by atoms with Gasteiger partial charge in [-0.25, -0.2) is 0 Å². The number of carboxylic acid groups (broad SMARTS) is 1. The van der Waals surface area contributed by atoms with E-state index >= 15 is 0 Å². The quantitative estimate of drug-likeness (QED) is 0.865. The van der Waals surface area contributed by atoms with Gasteiger partial charge in [0, 0.05) is 25.3 Å². The molecule has 23 heavy (non-hydrogen) atoms. The first-order valence-electron chi connectivity index (χ1n) is 7.65. The summed E-state index contributed by atoms with van der Waals surface area (Å²) in [6, 6.07) is 9.47. The Balaban J connectivity index is 1.69. The summed E-state index contributed by atoms with van der Waals surface area (Å²) in [7, 11) is 0. The molecule has 1 N–H and O–H groups in total. The van der Waals surface area contributed by atoms with Crippen molar-refractivity contribution in [1.29, 1.82) is 5.26 Å². The number of benzene rings is 1. The Kier molecular flexibility index (Phi) is 6.48. The lowest BCUT2D eigenvalue weighted by molar-refractivity contribution is -0.138. The molecule has 1 aromatic carbocycles. The molecule has 1 saturated heterocycles. The molecule has 1 amide bonds. The normalized spacial score (nSPS) is 15.2. The van der Waals surface area contributed by atoms with Crippen molar-refractivity contribution < 1.29 is 14.7 Å². The van der Waals surface area contributed by atoms with Crippen LogP contribution in [0.4, 0.5) is 0 Å². The van der Waals surface area contributed by atoms with Crippen LogP contribution in [0.25, 0.3) is 0 Å². The second kappa shape index (κ2) is 8.59. The maximum absolute atomic E-state index is 12.2. The summed E-state index contributed by atoms with van der Waals surface area (Å²) in [6.45, 7) is 1.32. The van der Waals surface area contributed by atoms with Crippen LogP contribution in [0.5, 0.6) is 0 Å². The molecule has 122 valence electrons.